The Hall–Kier alpha value is -2.39. The number of carboxylic acids is 1. The maximum atomic E-state index is 12.6. The molecule has 3 N–H and O–H groups in total. The molecule has 2 amide bonds. The smallest absolute Gasteiger partial charge is 0.326 e. The molecule has 9 nitrogen and oxygen atoms in total. The summed E-state index contributed by atoms with van der Waals surface area (Å²) in [4.78, 5) is 33.2. The van der Waals surface area contributed by atoms with Crippen LogP contribution < -0.4 is 10.6 Å². The molecule has 1 saturated heterocycles. The molecule has 1 aromatic rings. The molecule has 0 unspecified atom stereocenters. The van der Waals surface area contributed by atoms with Gasteiger partial charge in [-0.1, -0.05) is 6.07 Å². The Morgan fingerprint density at radius 3 is 2.72 bits per heavy atom. The third-order valence-corrected chi connectivity index (χ3v) is 7.22. The molecular weight excluding hydrogens is 458 g/mol. The second kappa shape index (κ2) is 13.2. The van der Waals surface area contributed by atoms with Gasteiger partial charge in [0.25, 0.3) is 0 Å². The third-order valence-electron chi connectivity index (χ3n) is 7.22. The number of urea groups is 1. The second-order valence-corrected chi connectivity index (χ2v) is 10.9. The van der Waals surface area contributed by atoms with E-state index in [2.05, 4.69) is 27.7 Å². The van der Waals surface area contributed by atoms with E-state index in [1.54, 1.807) is 4.90 Å². The van der Waals surface area contributed by atoms with Gasteiger partial charge in [0, 0.05) is 37.4 Å². The Bertz CT molecular complexity index is 876. The van der Waals surface area contributed by atoms with Crippen molar-refractivity contribution in [3.05, 3.63) is 23.4 Å². The number of pyridine rings is 1. The Kier molecular flexibility index (Phi) is 10.4. The van der Waals surface area contributed by atoms with Crippen LogP contribution in [0.5, 0.6) is 0 Å². The van der Waals surface area contributed by atoms with Crippen LogP contribution in [-0.4, -0.2) is 88.9 Å². The van der Waals surface area contributed by atoms with Gasteiger partial charge in [-0.25, -0.2) is 14.6 Å². The lowest BCUT2D eigenvalue weighted by Crippen LogP contribution is -2.63. The zero-order valence-corrected chi connectivity index (χ0v) is 22.5. The molecule has 1 aromatic heterocycles. The Morgan fingerprint density at radius 1 is 1.25 bits per heavy atom. The molecule has 0 spiro atoms. The van der Waals surface area contributed by atoms with Gasteiger partial charge < -0.3 is 30.3 Å². The van der Waals surface area contributed by atoms with E-state index in [-0.39, 0.29) is 17.7 Å². The van der Waals surface area contributed by atoms with Gasteiger partial charge >= 0.3 is 12.0 Å². The van der Waals surface area contributed by atoms with Gasteiger partial charge in [0.15, 0.2) is 0 Å². The van der Waals surface area contributed by atoms with Gasteiger partial charge in [-0.15, -0.1) is 0 Å². The topological polar surface area (TPSA) is 107 Å². The van der Waals surface area contributed by atoms with Crippen LogP contribution in [0.15, 0.2) is 12.1 Å². The van der Waals surface area contributed by atoms with Crippen molar-refractivity contribution in [2.24, 2.45) is 0 Å². The number of nitrogens with one attached hydrogen (secondary N) is 2. The summed E-state index contributed by atoms with van der Waals surface area (Å²) in [7, 11) is 0. The Morgan fingerprint density at radius 2 is 2.06 bits per heavy atom. The zero-order chi connectivity index (χ0) is 26.1. The molecule has 9 heteroatoms. The van der Waals surface area contributed by atoms with Crippen molar-refractivity contribution < 1.29 is 19.4 Å². The van der Waals surface area contributed by atoms with Crippen molar-refractivity contribution in [1.29, 1.82) is 0 Å². The number of fused-ring (bicyclic) bond motifs is 1. The number of likely N-dealkylation sites (tertiary alicyclic amines) is 1. The van der Waals surface area contributed by atoms with Gasteiger partial charge in [-0.3, -0.25) is 0 Å². The number of rotatable bonds is 14. The molecule has 202 valence electrons. The molecule has 1 atom stereocenters. The van der Waals surface area contributed by atoms with Gasteiger partial charge in [0.05, 0.1) is 12.7 Å². The van der Waals surface area contributed by atoms with Crippen molar-refractivity contribution in [1.82, 2.24) is 20.1 Å². The van der Waals surface area contributed by atoms with Crippen LogP contribution >= 0.6 is 0 Å². The van der Waals surface area contributed by atoms with Gasteiger partial charge in [0.1, 0.15) is 11.9 Å². The van der Waals surface area contributed by atoms with E-state index in [0.29, 0.717) is 26.1 Å². The summed E-state index contributed by atoms with van der Waals surface area (Å²) in [6.45, 7) is 12.4. The third kappa shape index (κ3) is 8.34. The maximum absolute atomic E-state index is 12.6. The number of aliphatic carboxylic acids is 1. The fourth-order valence-electron chi connectivity index (χ4n) is 4.75. The van der Waals surface area contributed by atoms with Crippen LogP contribution in [0.25, 0.3) is 0 Å². The molecule has 36 heavy (non-hydrogen) atoms. The van der Waals surface area contributed by atoms with Crippen LogP contribution in [0.1, 0.15) is 71.1 Å². The fourth-order valence-corrected chi connectivity index (χ4v) is 4.75. The summed E-state index contributed by atoms with van der Waals surface area (Å²) in [6.07, 6.45) is 6.61. The molecule has 0 aliphatic carbocycles. The van der Waals surface area contributed by atoms with Crippen molar-refractivity contribution in [2.45, 2.75) is 90.3 Å². The highest BCUT2D eigenvalue weighted by Crippen LogP contribution is 2.29. The average molecular weight is 504 g/mol. The molecule has 3 heterocycles. The minimum Gasteiger partial charge on any atom is -0.480 e. The van der Waals surface area contributed by atoms with Gasteiger partial charge in [-0.05, 0) is 90.8 Å². The fraction of sp³-hybridized carbons (Fsp3) is 0.741. The van der Waals surface area contributed by atoms with Crippen molar-refractivity contribution in [3.8, 4) is 0 Å². The number of anilines is 1. The molecule has 0 bridgehead atoms. The molecule has 0 radical (unpaired) electrons. The monoisotopic (exact) mass is 503 g/mol. The zero-order valence-electron chi connectivity index (χ0n) is 22.5. The SMILES string of the molecule is CC(C)OCCN(CCCCc1ccc2c(n1)NCCC2)CC[C@H](NC(=O)N1CCC1(C)C)C(=O)O. The van der Waals surface area contributed by atoms with Crippen LogP contribution in [0.3, 0.4) is 0 Å². The lowest BCUT2D eigenvalue weighted by molar-refractivity contribution is -0.139. The largest absolute Gasteiger partial charge is 0.480 e. The molecule has 2 aliphatic rings. The highest BCUT2D eigenvalue weighted by molar-refractivity contribution is 5.83. The van der Waals surface area contributed by atoms with Crippen LogP contribution in [0.4, 0.5) is 10.6 Å². The first-order valence-corrected chi connectivity index (χ1v) is 13.5. The van der Waals surface area contributed by atoms with Crippen molar-refractivity contribution in [3.63, 3.8) is 0 Å². The Balaban J connectivity index is 1.47. The second-order valence-electron chi connectivity index (χ2n) is 10.9. The van der Waals surface area contributed by atoms with E-state index in [1.165, 1.54) is 5.56 Å². The summed E-state index contributed by atoms with van der Waals surface area (Å²) in [5.74, 6) is 0.0433. The summed E-state index contributed by atoms with van der Waals surface area (Å²) in [5.41, 5.74) is 2.20. The average Bonchev–Trinajstić information content (AvgIpc) is 2.82. The molecule has 0 saturated carbocycles. The van der Waals surface area contributed by atoms with E-state index in [4.69, 9.17) is 9.72 Å². The summed E-state index contributed by atoms with van der Waals surface area (Å²) >= 11 is 0. The predicted octanol–water partition coefficient (Wildman–Crippen LogP) is 3.53. The minimum atomic E-state index is -0.993. The number of aryl methyl sites for hydroxylation is 2. The quantitative estimate of drug-likeness (QED) is 0.334. The van der Waals surface area contributed by atoms with Gasteiger partial charge in [0.2, 0.25) is 0 Å². The molecule has 0 aromatic carbocycles. The molecule has 1 fully saturated rings. The van der Waals surface area contributed by atoms with Crippen LogP contribution in [-0.2, 0) is 22.4 Å². The lowest BCUT2D eigenvalue weighted by atomic mass is 9.89. The number of amides is 2. The lowest BCUT2D eigenvalue weighted by Gasteiger charge is -2.48. The number of carbonyl (C=O) groups excluding carboxylic acids is 1. The Labute approximate surface area is 216 Å². The number of nitrogens with zero attached hydrogens (tertiary/aromatic N) is 3. The molecule has 2 aliphatic heterocycles. The van der Waals surface area contributed by atoms with Gasteiger partial charge in [-0.2, -0.15) is 0 Å². The van der Waals surface area contributed by atoms with E-state index in [1.807, 2.05) is 27.7 Å². The van der Waals surface area contributed by atoms with E-state index in [0.717, 1.165) is 69.7 Å². The number of aromatic nitrogens is 1. The number of hydrogen-bond donors (Lipinski definition) is 3. The highest BCUT2D eigenvalue weighted by Gasteiger charge is 2.40. The number of hydrogen-bond acceptors (Lipinski definition) is 6. The number of carboxylic acid groups (broad SMARTS) is 1. The van der Waals surface area contributed by atoms with Crippen molar-refractivity contribution in [2.75, 3.05) is 44.6 Å². The summed E-state index contributed by atoms with van der Waals surface area (Å²) in [6, 6.07) is 3.13. The minimum absolute atomic E-state index is 0.154. The van der Waals surface area contributed by atoms with Crippen molar-refractivity contribution >= 4 is 17.8 Å². The highest BCUT2D eigenvalue weighted by atomic mass is 16.5. The first-order chi connectivity index (χ1) is 17.2. The number of unbranched alkanes of at least 4 members (excludes halogenated alkanes) is 1. The standard InChI is InChI=1S/C27H45N5O4/c1-20(2)36-19-18-31(15-6-5-9-22-11-10-21-8-7-14-28-24(21)29-22)16-12-23(25(33)34)30-26(35)32-17-13-27(32,3)4/h10-11,20,23H,5-9,12-19H2,1-4H3,(H,28,29)(H,30,35)(H,33,34)/t23-/m0/s1. The normalized spacial score (nSPS) is 17.3. The van der Waals surface area contributed by atoms with Crippen LogP contribution in [0.2, 0.25) is 0 Å². The predicted molar refractivity (Wildman–Crippen MR) is 141 cm³/mol. The van der Waals surface area contributed by atoms with E-state index >= 15 is 0 Å². The first-order valence-electron chi connectivity index (χ1n) is 13.5. The van der Waals surface area contributed by atoms with E-state index in [9.17, 15) is 14.7 Å². The first kappa shape index (κ1) is 28.2. The summed E-state index contributed by atoms with van der Waals surface area (Å²) in [5, 5.41) is 15.9. The van der Waals surface area contributed by atoms with Crippen LogP contribution in [0, 0.1) is 0 Å². The summed E-state index contributed by atoms with van der Waals surface area (Å²) < 4.78 is 5.74. The number of ether oxygens (including phenoxy) is 1. The van der Waals surface area contributed by atoms with E-state index < -0.39 is 12.0 Å². The number of carbonyl (C=O) groups is 2. The molecular formula is C27H45N5O4. The molecule has 3 rings (SSSR count). The maximum Gasteiger partial charge on any atom is 0.326 e.